The minimum Gasteiger partial charge on any atom is -0.354 e. The van der Waals surface area contributed by atoms with Crippen LogP contribution in [0.1, 0.15) is 55.9 Å². The van der Waals surface area contributed by atoms with Crippen molar-refractivity contribution in [3.05, 3.63) is 130 Å². The first kappa shape index (κ1) is 35.9. The lowest BCUT2D eigenvalue weighted by molar-refractivity contribution is -0.140. The van der Waals surface area contributed by atoms with Crippen LogP contribution in [0.25, 0.3) is 0 Å². The fourth-order valence-electron chi connectivity index (χ4n) is 5.15. The smallest absolute Gasteiger partial charge is 0.264 e. The van der Waals surface area contributed by atoms with E-state index in [0.717, 1.165) is 31.0 Å². The van der Waals surface area contributed by atoms with E-state index in [0.29, 0.717) is 12.2 Å². The molecule has 0 aromatic heterocycles. The Morgan fingerprint density at radius 3 is 1.98 bits per heavy atom. The highest BCUT2D eigenvalue weighted by Gasteiger charge is 2.34. The summed E-state index contributed by atoms with van der Waals surface area (Å²) in [7, 11) is -4.16. The van der Waals surface area contributed by atoms with E-state index in [9.17, 15) is 18.0 Å². The van der Waals surface area contributed by atoms with Crippen LogP contribution >= 0.6 is 15.9 Å². The molecule has 0 saturated carbocycles. The number of rotatable bonds is 14. The van der Waals surface area contributed by atoms with Gasteiger partial charge in [0, 0.05) is 24.0 Å². The minimum absolute atomic E-state index is 0.0822. The largest absolute Gasteiger partial charge is 0.354 e. The number of hydrogen-bond donors (Lipinski definition) is 1. The SMILES string of the molecule is Cc1ccc(S(=O)(=O)N(CC(=O)N(Cc2ccc(Br)cc2)[C@H](Cc2ccccc2)C(=O)NCC(C)C)c2ccc(C(C)C)cc2)cc1. The molecule has 47 heavy (non-hydrogen) atoms. The maximum atomic E-state index is 14.6. The first-order chi connectivity index (χ1) is 22.3. The van der Waals surface area contributed by atoms with E-state index in [-0.39, 0.29) is 35.6 Å². The fraction of sp³-hybridized carbons (Fsp3) is 0.316. The summed E-state index contributed by atoms with van der Waals surface area (Å²) in [6.45, 7) is 10.1. The number of benzene rings is 4. The molecule has 0 radical (unpaired) electrons. The molecule has 0 aliphatic rings. The van der Waals surface area contributed by atoms with Gasteiger partial charge in [0.05, 0.1) is 10.6 Å². The first-order valence-electron chi connectivity index (χ1n) is 15.9. The van der Waals surface area contributed by atoms with E-state index < -0.39 is 28.5 Å². The third kappa shape index (κ3) is 9.78. The first-order valence-corrected chi connectivity index (χ1v) is 18.1. The molecule has 4 aromatic rings. The Bertz CT molecular complexity index is 1720. The molecule has 0 spiro atoms. The normalized spacial score (nSPS) is 12.2. The molecule has 0 unspecified atom stereocenters. The highest BCUT2D eigenvalue weighted by molar-refractivity contribution is 9.10. The summed E-state index contributed by atoms with van der Waals surface area (Å²) in [6.07, 6.45) is 0.265. The molecule has 0 aliphatic heterocycles. The van der Waals surface area contributed by atoms with Crippen LogP contribution in [0.15, 0.2) is 112 Å². The monoisotopic (exact) mass is 717 g/mol. The molecule has 0 bridgehead atoms. The molecule has 248 valence electrons. The Morgan fingerprint density at radius 1 is 0.787 bits per heavy atom. The summed E-state index contributed by atoms with van der Waals surface area (Å²) >= 11 is 3.47. The molecule has 7 nitrogen and oxygen atoms in total. The number of nitrogens with one attached hydrogen (secondary N) is 1. The van der Waals surface area contributed by atoms with E-state index in [1.807, 2.05) is 87.5 Å². The van der Waals surface area contributed by atoms with Crippen molar-refractivity contribution in [3.63, 3.8) is 0 Å². The summed E-state index contributed by atoms with van der Waals surface area (Å²) in [5, 5.41) is 3.02. The van der Waals surface area contributed by atoms with Gasteiger partial charge in [-0.1, -0.05) is 116 Å². The van der Waals surface area contributed by atoms with Gasteiger partial charge in [-0.25, -0.2) is 8.42 Å². The number of sulfonamides is 1. The molecule has 4 rings (SSSR count). The van der Waals surface area contributed by atoms with Gasteiger partial charge < -0.3 is 10.2 Å². The second kappa shape index (κ2) is 16.2. The van der Waals surface area contributed by atoms with Gasteiger partial charge in [-0.15, -0.1) is 0 Å². The van der Waals surface area contributed by atoms with E-state index in [4.69, 9.17) is 0 Å². The Kier molecular flexibility index (Phi) is 12.4. The maximum absolute atomic E-state index is 14.6. The Morgan fingerprint density at radius 2 is 1.40 bits per heavy atom. The standard InChI is InChI=1S/C38H44BrN3O4S/c1-27(2)24-40-38(44)36(23-30-9-7-6-8-10-30)41(25-31-13-17-33(39)18-14-31)37(43)26-42(34-19-15-32(16-20-34)28(3)4)47(45,46)35-21-11-29(5)12-22-35/h6-22,27-28,36H,23-26H2,1-5H3,(H,40,44)/t36-/m1/s1. The second-order valence-electron chi connectivity index (χ2n) is 12.6. The van der Waals surface area contributed by atoms with Crippen LogP contribution in [-0.2, 0) is 32.6 Å². The molecule has 0 aliphatic carbocycles. The Hall–Kier alpha value is -3.95. The van der Waals surface area contributed by atoms with Gasteiger partial charge in [-0.3, -0.25) is 13.9 Å². The van der Waals surface area contributed by atoms with Crippen molar-refractivity contribution in [1.82, 2.24) is 10.2 Å². The lowest BCUT2D eigenvalue weighted by Crippen LogP contribution is -2.53. The van der Waals surface area contributed by atoms with E-state index >= 15 is 0 Å². The molecular formula is C38H44BrN3O4S. The summed E-state index contributed by atoms with van der Waals surface area (Å²) in [5.74, 6) is -0.326. The topological polar surface area (TPSA) is 86.8 Å². The van der Waals surface area contributed by atoms with Gasteiger partial charge in [0.15, 0.2) is 0 Å². The molecule has 9 heteroatoms. The number of hydrogen-bond acceptors (Lipinski definition) is 4. The van der Waals surface area contributed by atoms with Crippen LogP contribution in [0, 0.1) is 12.8 Å². The van der Waals surface area contributed by atoms with Crippen LogP contribution in [0.2, 0.25) is 0 Å². The number of carbonyl (C=O) groups is 2. The van der Waals surface area contributed by atoms with Crippen molar-refractivity contribution in [2.45, 2.75) is 64.4 Å². The zero-order valence-corrected chi connectivity index (χ0v) is 30.1. The summed E-state index contributed by atoms with van der Waals surface area (Å²) in [6, 6.07) is 30.1. The summed E-state index contributed by atoms with van der Waals surface area (Å²) in [5.41, 5.74) is 4.04. The third-order valence-corrected chi connectivity index (χ3v) is 10.3. The molecule has 0 heterocycles. The van der Waals surface area contributed by atoms with Crippen molar-refractivity contribution in [2.24, 2.45) is 5.92 Å². The quantitative estimate of drug-likeness (QED) is 0.147. The van der Waals surface area contributed by atoms with Crippen LogP contribution in [0.4, 0.5) is 5.69 Å². The Balaban J connectivity index is 1.80. The van der Waals surface area contributed by atoms with Gasteiger partial charge in [0.25, 0.3) is 10.0 Å². The third-order valence-electron chi connectivity index (χ3n) is 7.96. The lowest BCUT2D eigenvalue weighted by Gasteiger charge is -2.34. The molecule has 0 fully saturated rings. The van der Waals surface area contributed by atoms with Gasteiger partial charge in [0.1, 0.15) is 12.6 Å². The second-order valence-corrected chi connectivity index (χ2v) is 15.3. The number of halogens is 1. The number of aryl methyl sites for hydroxylation is 1. The molecule has 4 aromatic carbocycles. The molecule has 0 saturated heterocycles. The average Bonchev–Trinajstić information content (AvgIpc) is 3.05. The highest BCUT2D eigenvalue weighted by atomic mass is 79.9. The minimum atomic E-state index is -4.16. The van der Waals surface area contributed by atoms with Crippen molar-refractivity contribution in [3.8, 4) is 0 Å². The predicted octanol–water partition coefficient (Wildman–Crippen LogP) is 7.49. The molecule has 1 N–H and O–H groups in total. The maximum Gasteiger partial charge on any atom is 0.264 e. The fourth-order valence-corrected chi connectivity index (χ4v) is 6.83. The molecule has 2 amide bonds. The van der Waals surface area contributed by atoms with Gasteiger partial charge in [-0.2, -0.15) is 0 Å². The number of amides is 2. The van der Waals surface area contributed by atoms with Crippen LogP contribution < -0.4 is 9.62 Å². The van der Waals surface area contributed by atoms with Gasteiger partial charge in [0.2, 0.25) is 11.8 Å². The number of carbonyl (C=O) groups excluding carboxylic acids is 2. The molecule has 1 atom stereocenters. The summed E-state index contributed by atoms with van der Waals surface area (Å²) in [4.78, 5) is 30.1. The Labute approximate surface area is 288 Å². The van der Waals surface area contributed by atoms with Crippen molar-refractivity contribution in [2.75, 3.05) is 17.4 Å². The number of anilines is 1. The average molecular weight is 719 g/mol. The highest BCUT2D eigenvalue weighted by Crippen LogP contribution is 2.27. The van der Waals surface area contributed by atoms with E-state index in [2.05, 4.69) is 35.1 Å². The lowest BCUT2D eigenvalue weighted by atomic mass is 10.0. The predicted molar refractivity (Wildman–Crippen MR) is 193 cm³/mol. The van der Waals surface area contributed by atoms with E-state index in [1.54, 1.807) is 36.4 Å². The van der Waals surface area contributed by atoms with Crippen molar-refractivity contribution >= 4 is 43.5 Å². The van der Waals surface area contributed by atoms with Crippen LogP contribution in [-0.4, -0.2) is 44.3 Å². The van der Waals surface area contributed by atoms with E-state index in [1.165, 1.54) is 4.90 Å². The van der Waals surface area contributed by atoms with Gasteiger partial charge >= 0.3 is 0 Å². The van der Waals surface area contributed by atoms with Gasteiger partial charge in [-0.05, 0) is 71.8 Å². The molecular weight excluding hydrogens is 674 g/mol. The zero-order valence-electron chi connectivity index (χ0n) is 27.7. The van der Waals surface area contributed by atoms with Crippen LogP contribution in [0.5, 0.6) is 0 Å². The number of nitrogens with zero attached hydrogens (tertiary/aromatic N) is 2. The van der Waals surface area contributed by atoms with Crippen LogP contribution in [0.3, 0.4) is 0 Å². The van der Waals surface area contributed by atoms with Crippen molar-refractivity contribution < 1.29 is 18.0 Å². The summed E-state index contributed by atoms with van der Waals surface area (Å²) < 4.78 is 30.6. The zero-order chi connectivity index (χ0) is 34.1. The van der Waals surface area contributed by atoms with Crippen molar-refractivity contribution in [1.29, 1.82) is 0 Å².